The molecule has 32 heavy (non-hydrogen) atoms. The Labute approximate surface area is 189 Å². The number of halogens is 1. The fraction of sp³-hybridized carbons (Fsp3) is 0.462. The zero-order valence-electron chi connectivity index (χ0n) is 18.7. The number of benzene rings is 2. The van der Waals surface area contributed by atoms with Crippen LogP contribution in [0.25, 0.3) is 0 Å². The van der Waals surface area contributed by atoms with E-state index in [0.29, 0.717) is 18.7 Å². The first-order valence-corrected chi connectivity index (χ1v) is 11.7. The van der Waals surface area contributed by atoms with Crippen LogP contribution in [0.15, 0.2) is 36.4 Å². The molecule has 0 spiro atoms. The van der Waals surface area contributed by atoms with Crippen molar-refractivity contribution in [2.24, 2.45) is 11.7 Å². The Morgan fingerprint density at radius 1 is 1.19 bits per heavy atom. The highest BCUT2D eigenvalue weighted by Gasteiger charge is 2.34. The number of nitrogens with zero attached hydrogens (tertiary/aromatic N) is 1. The van der Waals surface area contributed by atoms with Crippen LogP contribution in [0.4, 0.5) is 10.1 Å². The summed E-state index contributed by atoms with van der Waals surface area (Å²) in [6.45, 7) is 3.93. The van der Waals surface area contributed by atoms with Crippen molar-refractivity contribution in [3.05, 3.63) is 64.5 Å². The normalized spacial score (nSPS) is 17.1. The lowest BCUT2D eigenvalue weighted by Crippen LogP contribution is -2.40. The predicted octanol–water partition coefficient (Wildman–Crippen LogP) is 4.08. The molecule has 0 saturated heterocycles. The fourth-order valence-electron chi connectivity index (χ4n) is 5.45. The predicted molar refractivity (Wildman–Crippen MR) is 124 cm³/mol. The summed E-state index contributed by atoms with van der Waals surface area (Å²) in [6, 6.07) is 10.4. The summed E-state index contributed by atoms with van der Waals surface area (Å²) < 4.78 is 13.5. The van der Waals surface area contributed by atoms with E-state index in [2.05, 4.69) is 10.2 Å². The van der Waals surface area contributed by atoms with E-state index in [9.17, 15) is 14.0 Å². The topological polar surface area (TPSA) is 75.4 Å². The number of hydrogen-bond donors (Lipinski definition) is 2. The van der Waals surface area contributed by atoms with E-state index in [0.717, 1.165) is 61.0 Å². The number of rotatable bonds is 7. The maximum atomic E-state index is 13.5. The molecule has 2 aromatic carbocycles. The van der Waals surface area contributed by atoms with E-state index in [4.69, 9.17) is 5.73 Å². The highest BCUT2D eigenvalue weighted by Crippen LogP contribution is 2.39. The molecule has 3 N–H and O–H groups in total. The number of hydrogen-bond acceptors (Lipinski definition) is 3. The fourth-order valence-corrected chi connectivity index (χ4v) is 5.45. The number of nitrogens with two attached hydrogens (primary N) is 1. The van der Waals surface area contributed by atoms with Crippen molar-refractivity contribution in [2.75, 3.05) is 24.5 Å². The summed E-state index contributed by atoms with van der Waals surface area (Å²) in [5.74, 6) is -0.902. The van der Waals surface area contributed by atoms with Gasteiger partial charge in [0.05, 0.1) is 5.92 Å². The van der Waals surface area contributed by atoms with Crippen LogP contribution in [0, 0.1) is 18.7 Å². The minimum absolute atomic E-state index is 0.0350. The van der Waals surface area contributed by atoms with Gasteiger partial charge in [0.25, 0.3) is 0 Å². The lowest BCUT2D eigenvalue weighted by Gasteiger charge is -2.32. The van der Waals surface area contributed by atoms with Gasteiger partial charge in [-0.15, -0.1) is 0 Å². The number of aryl methyl sites for hydroxylation is 1. The quantitative estimate of drug-likeness (QED) is 0.686. The molecular formula is C26H32FN3O2. The molecule has 1 saturated carbocycles. The van der Waals surface area contributed by atoms with Gasteiger partial charge in [0.2, 0.25) is 11.8 Å². The van der Waals surface area contributed by atoms with Gasteiger partial charge in [-0.05, 0) is 73.1 Å². The number of fused-ring (bicyclic) bond motifs is 1. The second-order valence-corrected chi connectivity index (χ2v) is 9.08. The minimum atomic E-state index is -0.488. The molecule has 6 heteroatoms. The second-order valence-electron chi connectivity index (χ2n) is 9.08. The average molecular weight is 438 g/mol. The number of carbonyl (C=O) groups excluding carboxylic acids is 2. The third-order valence-electron chi connectivity index (χ3n) is 7.02. The molecule has 4 rings (SSSR count). The maximum absolute atomic E-state index is 13.5. The van der Waals surface area contributed by atoms with Gasteiger partial charge < -0.3 is 16.0 Å². The minimum Gasteiger partial charge on any atom is -0.369 e. The Bertz CT molecular complexity index is 1000. The van der Waals surface area contributed by atoms with Gasteiger partial charge in [0.1, 0.15) is 5.82 Å². The monoisotopic (exact) mass is 437 g/mol. The number of amides is 2. The highest BCUT2D eigenvalue weighted by molar-refractivity contribution is 5.97. The van der Waals surface area contributed by atoms with Crippen LogP contribution in [-0.2, 0) is 11.2 Å². The Kier molecular flexibility index (Phi) is 6.77. The van der Waals surface area contributed by atoms with Gasteiger partial charge >= 0.3 is 0 Å². The number of primary amides is 1. The van der Waals surface area contributed by atoms with E-state index in [-0.39, 0.29) is 23.6 Å². The van der Waals surface area contributed by atoms with Crippen molar-refractivity contribution in [1.82, 2.24) is 5.32 Å². The summed E-state index contributed by atoms with van der Waals surface area (Å²) in [6.07, 6.45) is 6.18. The molecule has 170 valence electrons. The molecule has 0 bridgehead atoms. The zero-order valence-corrected chi connectivity index (χ0v) is 18.7. The molecule has 0 radical (unpaired) electrons. The smallest absolute Gasteiger partial charge is 0.249 e. The van der Waals surface area contributed by atoms with E-state index in [1.165, 1.54) is 12.5 Å². The molecule has 0 unspecified atom stereocenters. The van der Waals surface area contributed by atoms with E-state index in [1.807, 2.05) is 25.1 Å². The molecular weight excluding hydrogens is 405 g/mol. The summed E-state index contributed by atoms with van der Waals surface area (Å²) in [7, 11) is 0. The molecule has 2 aliphatic rings. The summed E-state index contributed by atoms with van der Waals surface area (Å²) in [4.78, 5) is 27.9. The zero-order chi connectivity index (χ0) is 22.7. The van der Waals surface area contributed by atoms with Crippen molar-refractivity contribution in [1.29, 1.82) is 0 Å². The van der Waals surface area contributed by atoms with Crippen molar-refractivity contribution < 1.29 is 14.0 Å². The van der Waals surface area contributed by atoms with Crippen LogP contribution in [0.1, 0.15) is 65.1 Å². The molecule has 1 heterocycles. The lowest BCUT2D eigenvalue weighted by atomic mass is 9.74. The molecule has 2 aromatic rings. The van der Waals surface area contributed by atoms with Crippen molar-refractivity contribution in [2.45, 2.75) is 51.4 Å². The highest BCUT2D eigenvalue weighted by atomic mass is 19.1. The number of nitrogens with one attached hydrogen (secondary N) is 1. The average Bonchev–Trinajstić information content (AvgIpc) is 3.17. The standard InChI is InChI=1S/C26H32FN3O2/c1-17-6-5-9-21(25(28)31)23(17)24(18-7-3-2-4-8-18)26(32)29-13-15-30-14-12-19-16-20(27)10-11-22(19)30/h5-6,9-11,16,18,24H,2-4,7-8,12-15H2,1H3,(H2,28,31)(H,29,32)/t24-/m0/s1. The van der Waals surface area contributed by atoms with Crippen LogP contribution < -0.4 is 16.0 Å². The molecule has 5 nitrogen and oxygen atoms in total. The molecule has 0 aromatic heterocycles. The van der Waals surface area contributed by atoms with Crippen molar-refractivity contribution in [3.8, 4) is 0 Å². The first kappa shape index (κ1) is 22.3. The van der Waals surface area contributed by atoms with Crippen LogP contribution in [-0.4, -0.2) is 31.4 Å². The van der Waals surface area contributed by atoms with Crippen molar-refractivity contribution in [3.63, 3.8) is 0 Å². The van der Waals surface area contributed by atoms with E-state index < -0.39 is 5.91 Å². The van der Waals surface area contributed by atoms with Gasteiger partial charge in [0, 0.05) is 30.9 Å². The molecule has 1 aliphatic carbocycles. The number of anilines is 1. The Hall–Kier alpha value is -2.89. The van der Waals surface area contributed by atoms with E-state index in [1.54, 1.807) is 12.1 Å². The second kappa shape index (κ2) is 9.72. The van der Waals surface area contributed by atoms with Gasteiger partial charge in [-0.25, -0.2) is 4.39 Å². The summed E-state index contributed by atoms with van der Waals surface area (Å²) in [5.41, 5.74) is 9.91. The molecule has 2 amide bonds. The van der Waals surface area contributed by atoms with Gasteiger partial charge in [-0.2, -0.15) is 0 Å². The first-order chi connectivity index (χ1) is 15.5. The SMILES string of the molecule is Cc1cccc(C(N)=O)c1[C@@H](C(=O)NCCN1CCc2cc(F)ccc21)C1CCCCC1. The third kappa shape index (κ3) is 4.64. The molecule has 1 atom stereocenters. The summed E-state index contributed by atoms with van der Waals surface area (Å²) >= 11 is 0. The molecule has 1 fully saturated rings. The molecule has 1 aliphatic heterocycles. The summed E-state index contributed by atoms with van der Waals surface area (Å²) in [5, 5.41) is 3.13. The number of carbonyl (C=O) groups is 2. The maximum Gasteiger partial charge on any atom is 0.249 e. The first-order valence-electron chi connectivity index (χ1n) is 11.7. The van der Waals surface area contributed by atoms with Crippen LogP contribution in [0.5, 0.6) is 0 Å². The van der Waals surface area contributed by atoms with Crippen molar-refractivity contribution >= 4 is 17.5 Å². The third-order valence-corrected chi connectivity index (χ3v) is 7.02. The van der Waals surface area contributed by atoms with Gasteiger partial charge in [-0.1, -0.05) is 31.4 Å². The van der Waals surface area contributed by atoms with Gasteiger partial charge in [0.15, 0.2) is 0 Å². The Morgan fingerprint density at radius 3 is 2.72 bits per heavy atom. The Morgan fingerprint density at radius 2 is 1.97 bits per heavy atom. The van der Waals surface area contributed by atoms with Crippen LogP contribution in [0.2, 0.25) is 0 Å². The van der Waals surface area contributed by atoms with E-state index >= 15 is 0 Å². The lowest BCUT2D eigenvalue weighted by molar-refractivity contribution is -0.124. The largest absolute Gasteiger partial charge is 0.369 e. The van der Waals surface area contributed by atoms with Crippen LogP contribution >= 0.6 is 0 Å². The van der Waals surface area contributed by atoms with Gasteiger partial charge in [-0.3, -0.25) is 9.59 Å². The Balaban J connectivity index is 1.50. The van der Waals surface area contributed by atoms with Crippen LogP contribution in [0.3, 0.4) is 0 Å².